The van der Waals surface area contributed by atoms with Crippen LogP contribution in [0.2, 0.25) is 0 Å². The number of anilines is 1. The molecule has 3 N–H and O–H groups in total. The van der Waals surface area contributed by atoms with Crippen LogP contribution in [0.5, 0.6) is 11.5 Å². The fourth-order valence-corrected chi connectivity index (χ4v) is 1.95. The van der Waals surface area contributed by atoms with Crippen molar-refractivity contribution >= 4 is 17.6 Å². The Hall–Kier alpha value is -3.54. The minimum atomic E-state index is -0.897. The van der Waals surface area contributed by atoms with Gasteiger partial charge in [0.1, 0.15) is 17.5 Å². The van der Waals surface area contributed by atoms with Crippen LogP contribution in [0, 0.1) is 11.3 Å². The number of fused-ring (bicyclic) bond motifs is 1. The molecule has 1 aromatic carbocycles. The molecule has 0 atom stereocenters. The van der Waals surface area contributed by atoms with E-state index in [9.17, 15) is 9.59 Å². The number of nitrogens with one attached hydrogen (secondary N) is 3. The zero-order valence-electron chi connectivity index (χ0n) is 11.8. The summed E-state index contributed by atoms with van der Waals surface area (Å²) >= 11 is 0. The molecule has 1 aromatic heterocycles. The van der Waals surface area contributed by atoms with Gasteiger partial charge in [-0.3, -0.25) is 14.7 Å². The van der Waals surface area contributed by atoms with E-state index >= 15 is 0 Å². The van der Waals surface area contributed by atoms with Crippen LogP contribution < -0.4 is 20.1 Å². The lowest BCUT2D eigenvalue weighted by Gasteiger charge is -2.06. The molecule has 0 spiro atoms. The van der Waals surface area contributed by atoms with Gasteiger partial charge in [-0.25, -0.2) is 0 Å². The van der Waals surface area contributed by atoms with Crippen molar-refractivity contribution < 1.29 is 19.1 Å². The van der Waals surface area contributed by atoms with Gasteiger partial charge in [0, 0.05) is 6.54 Å². The second-order valence-electron chi connectivity index (χ2n) is 4.59. The molecule has 0 aliphatic carbocycles. The highest BCUT2D eigenvalue weighted by molar-refractivity contribution is 6.39. The van der Waals surface area contributed by atoms with Crippen molar-refractivity contribution in [3.8, 4) is 17.6 Å². The van der Waals surface area contributed by atoms with Crippen LogP contribution in [0.3, 0.4) is 0 Å². The molecule has 1 aliphatic rings. The first-order valence-corrected chi connectivity index (χ1v) is 6.58. The second kappa shape index (κ2) is 6.07. The Morgan fingerprint density at radius 1 is 1.30 bits per heavy atom. The summed E-state index contributed by atoms with van der Waals surface area (Å²) in [6, 6.07) is 7.05. The van der Waals surface area contributed by atoms with Gasteiger partial charge in [-0.1, -0.05) is 6.07 Å². The highest BCUT2D eigenvalue weighted by Crippen LogP contribution is 2.32. The number of amides is 2. The van der Waals surface area contributed by atoms with Gasteiger partial charge in [0.15, 0.2) is 11.5 Å². The van der Waals surface area contributed by atoms with Crippen LogP contribution in [0.1, 0.15) is 11.1 Å². The Labute approximate surface area is 130 Å². The number of aromatic amines is 1. The van der Waals surface area contributed by atoms with Crippen molar-refractivity contribution in [2.24, 2.45) is 0 Å². The number of carbonyl (C=O) groups is 2. The molecule has 0 saturated carbocycles. The number of benzene rings is 1. The molecule has 2 amide bonds. The zero-order valence-corrected chi connectivity index (χ0v) is 11.8. The standard InChI is InChI=1S/C14H11N5O4/c15-4-9-6-17-19-12(9)18-14(21)13(20)16-5-8-1-2-10-11(3-8)23-7-22-10/h1-3,6H,5,7H2,(H,16,20)(H2,17,18,19,21). The van der Waals surface area contributed by atoms with E-state index in [4.69, 9.17) is 14.7 Å². The number of H-pyrrole nitrogens is 1. The van der Waals surface area contributed by atoms with E-state index in [1.165, 1.54) is 6.20 Å². The molecule has 0 fully saturated rings. The summed E-state index contributed by atoms with van der Waals surface area (Å²) in [5.74, 6) is -0.415. The summed E-state index contributed by atoms with van der Waals surface area (Å²) in [6.07, 6.45) is 1.25. The first-order chi connectivity index (χ1) is 11.2. The van der Waals surface area contributed by atoms with E-state index in [-0.39, 0.29) is 24.7 Å². The maximum atomic E-state index is 11.8. The number of carbonyl (C=O) groups excluding carboxylic acids is 2. The van der Waals surface area contributed by atoms with Gasteiger partial charge in [-0.2, -0.15) is 10.4 Å². The predicted octanol–water partition coefficient (Wildman–Crippen LogP) is 0.265. The number of hydrogen-bond donors (Lipinski definition) is 3. The third-order valence-corrected chi connectivity index (χ3v) is 3.09. The van der Waals surface area contributed by atoms with Crippen molar-refractivity contribution in [1.29, 1.82) is 5.26 Å². The molecule has 0 saturated heterocycles. The Kier molecular flexibility index (Phi) is 3.80. The Morgan fingerprint density at radius 3 is 2.96 bits per heavy atom. The van der Waals surface area contributed by atoms with Gasteiger partial charge < -0.3 is 20.1 Å². The molecule has 23 heavy (non-hydrogen) atoms. The summed E-state index contributed by atoms with van der Waals surface area (Å²) in [6.45, 7) is 0.315. The van der Waals surface area contributed by atoms with Crippen LogP contribution in [-0.4, -0.2) is 28.8 Å². The monoisotopic (exact) mass is 313 g/mol. The maximum Gasteiger partial charge on any atom is 0.314 e. The largest absolute Gasteiger partial charge is 0.454 e. The van der Waals surface area contributed by atoms with E-state index in [1.54, 1.807) is 18.2 Å². The average Bonchev–Trinajstić information content (AvgIpc) is 3.20. The molecule has 0 bridgehead atoms. The van der Waals surface area contributed by atoms with E-state index < -0.39 is 11.8 Å². The van der Waals surface area contributed by atoms with E-state index in [2.05, 4.69) is 20.8 Å². The van der Waals surface area contributed by atoms with Crippen molar-refractivity contribution in [3.05, 3.63) is 35.5 Å². The SMILES string of the molecule is N#Cc1cn[nH]c1NC(=O)C(=O)NCc1ccc2c(c1)OCO2. The van der Waals surface area contributed by atoms with E-state index in [1.807, 2.05) is 6.07 Å². The van der Waals surface area contributed by atoms with Crippen molar-refractivity contribution in [2.45, 2.75) is 6.54 Å². The maximum absolute atomic E-state index is 11.8. The minimum Gasteiger partial charge on any atom is -0.454 e. The van der Waals surface area contributed by atoms with Crippen LogP contribution >= 0.6 is 0 Å². The Morgan fingerprint density at radius 2 is 2.13 bits per heavy atom. The van der Waals surface area contributed by atoms with Gasteiger partial charge in [0.25, 0.3) is 0 Å². The van der Waals surface area contributed by atoms with Crippen LogP contribution in [0.15, 0.2) is 24.4 Å². The van der Waals surface area contributed by atoms with Gasteiger partial charge in [-0.05, 0) is 17.7 Å². The lowest BCUT2D eigenvalue weighted by molar-refractivity contribution is -0.136. The van der Waals surface area contributed by atoms with Crippen molar-refractivity contribution in [1.82, 2.24) is 15.5 Å². The average molecular weight is 313 g/mol. The number of hydrogen-bond acceptors (Lipinski definition) is 6. The Bertz CT molecular complexity index is 808. The molecule has 3 rings (SSSR count). The molecule has 2 aromatic rings. The number of aromatic nitrogens is 2. The van der Waals surface area contributed by atoms with Gasteiger partial charge >= 0.3 is 11.8 Å². The molecule has 9 heteroatoms. The second-order valence-corrected chi connectivity index (χ2v) is 4.59. The number of nitrogens with zero attached hydrogens (tertiary/aromatic N) is 2. The van der Waals surface area contributed by atoms with Gasteiger partial charge in [-0.15, -0.1) is 0 Å². The highest BCUT2D eigenvalue weighted by Gasteiger charge is 2.17. The molecule has 0 radical (unpaired) electrons. The van der Waals surface area contributed by atoms with Gasteiger partial charge in [0.2, 0.25) is 6.79 Å². The Balaban J connectivity index is 1.57. The van der Waals surface area contributed by atoms with Crippen molar-refractivity contribution in [2.75, 3.05) is 12.1 Å². The fraction of sp³-hybridized carbons (Fsp3) is 0.143. The molecule has 2 heterocycles. The topological polar surface area (TPSA) is 129 Å². The number of ether oxygens (including phenoxy) is 2. The van der Waals surface area contributed by atoms with E-state index in [0.717, 1.165) is 5.56 Å². The predicted molar refractivity (Wildman–Crippen MR) is 76.3 cm³/mol. The van der Waals surface area contributed by atoms with Crippen LogP contribution in [0.25, 0.3) is 0 Å². The lowest BCUT2D eigenvalue weighted by atomic mass is 10.2. The third-order valence-electron chi connectivity index (χ3n) is 3.09. The molecular formula is C14H11N5O4. The molecular weight excluding hydrogens is 302 g/mol. The smallest absolute Gasteiger partial charge is 0.314 e. The first-order valence-electron chi connectivity index (χ1n) is 6.58. The molecule has 9 nitrogen and oxygen atoms in total. The summed E-state index contributed by atoms with van der Waals surface area (Å²) < 4.78 is 10.4. The van der Waals surface area contributed by atoms with Gasteiger partial charge in [0.05, 0.1) is 6.20 Å². The van der Waals surface area contributed by atoms with Crippen LogP contribution in [0.4, 0.5) is 5.82 Å². The molecule has 0 unspecified atom stereocenters. The number of nitriles is 1. The normalized spacial score (nSPS) is 11.6. The first kappa shape index (κ1) is 14.4. The van der Waals surface area contributed by atoms with Crippen molar-refractivity contribution in [3.63, 3.8) is 0 Å². The summed E-state index contributed by atoms with van der Waals surface area (Å²) in [4.78, 5) is 23.5. The lowest BCUT2D eigenvalue weighted by Crippen LogP contribution is -2.35. The highest BCUT2D eigenvalue weighted by atomic mass is 16.7. The minimum absolute atomic E-state index is 0.0794. The molecule has 1 aliphatic heterocycles. The summed E-state index contributed by atoms with van der Waals surface area (Å²) in [5, 5.41) is 19.6. The third kappa shape index (κ3) is 3.06. The zero-order chi connectivity index (χ0) is 16.2. The van der Waals surface area contributed by atoms with Crippen LogP contribution in [-0.2, 0) is 16.1 Å². The quantitative estimate of drug-likeness (QED) is 0.697. The molecule has 116 valence electrons. The fourth-order valence-electron chi connectivity index (χ4n) is 1.95. The number of rotatable bonds is 3. The summed E-state index contributed by atoms with van der Waals surface area (Å²) in [5.41, 5.74) is 0.900. The van der Waals surface area contributed by atoms with E-state index in [0.29, 0.717) is 11.5 Å². The summed E-state index contributed by atoms with van der Waals surface area (Å²) in [7, 11) is 0.